The van der Waals surface area contributed by atoms with Gasteiger partial charge >= 0.3 is 0 Å². The zero-order chi connectivity index (χ0) is 21.0. The van der Waals surface area contributed by atoms with Crippen molar-refractivity contribution < 1.29 is 0 Å². The van der Waals surface area contributed by atoms with Gasteiger partial charge in [0.05, 0.1) is 13.8 Å². The Hall–Kier alpha value is -2.49. The minimum atomic E-state index is -1.32. The molecule has 0 aliphatic carbocycles. The topological polar surface area (TPSA) is 12.9 Å². The van der Waals surface area contributed by atoms with Crippen molar-refractivity contribution in [2.24, 2.45) is 0 Å². The van der Waals surface area contributed by atoms with E-state index in [1.54, 1.807) is 0 Å². The Labute approximate surface area is 183 Å². The third-order valence-electron chi connectivity index (χ3n) is 6.05. The molecule has 0 saturated heterocycles. The van der Waals surface area contributed by atoms with E-state index in [1.807, 2.05) is 17.5 Å². The number of aromatic nitrogens is 1. The molecule has 0 unspecified atom stereocenters. The molecule has 0 amide bonds. The van der Waals surface area contributed by atoms with Gasteiger partial charge in [-0.25, -0.2) is 0 Å². The number of fused-ring (bicyclic) bond motifs is 4. The van der Waals surface area contributed by atoms with Gasteiger partial charge in [-0.05, 0) is 46.5 Å². The fraction of sp³-hybridized carbons (Fsp3) is 0.222. The molecule has 0 spiro atoms. The molecule has 0 bridgehead atoms. The van der Waals surface area contributed by atoms with Crippen molar-refractivity contribution in [3.8, 4) is 11.3 Å². The average Bonchev–Trinajstić information content (AvgIpc) is 3.08. The van der Waals surface area contributed by atoms with Crippen molar-refractivity contribution in [1.29, 1.82) is 0 Å². The van der Waals surface area contributed by atoms with Gasteiger partial charge in [-0.3, -0.25) is 4.98 Å². The van der Waals surface area contributed by atoms with Crippen molar-refractivity contribution in [3.05, 3.63) is 72.4 Å². The molecule has 5 aromatic rings. The first-order valence-corrected chi connectivity index (χ1v) is 15.0. The molecule has 5 rings (SSSR count). The monoisotopic (exact) mass is 425 g/mol. The lowest BCUT2D eigenvalue weighted by atomic mass is 10.0. The predicted molar refractivity (Wildman–Crippen MR) is 137 cm³/mol. The summed E-state index contributed by atoms with van der Waals surface area (Å²) in [6.07, 6.45) is 1.95. The zero-order valence-corrected chi connectivity index (χ0v) is 20.1. The molecule has 0 aliphatic rings. The van der Waals surface area contributed by atoms with Crippen LogP contribution in [0.15, 0.2) is 66.9 Å². The fourth-order valence-corrected chi connectivity index (χ4v) is 6.59. The molecule has 3 aromatic carbocycles. The van der Waals surface area contributed by atoms with E-state index >= 15 is 0 Å². The second kappa shape index (κ2) is 7.04. The molecule has 0 radical (unpaired) electrons. The first-order valence-electron chi connectivity index (χ1n) is 10.7. The molecule has 30 heavy (non-hydrogen) atoms. The van der Waals surface area contributed by atoms with Crippen molar-refractivity contribution >= 4 is 55.5 Å². The van der Waals surface area contributed by atoms with Gasteiger partial charge in [0.1, 0.15) is 0 Å². The first-order chi connectivity index (χ1) is 14.3. The molecule has 0 saturated carbocycles. The van der Waals surface area contributed by atoms with Crippen LogP contribution in [0.3, 0.4) is 0 Å². The summed E-state index contributed by atoms with van der Waals surface area (Å²) in [6, 6.07) is 22.8. The lowest BCUT2D eigenvalue weighted by Crippen LogP contribution is -2.37. The van der Waals surface area contributed by atoms with Gasteiger partial charge < -0.3 is 0 Å². The molecular weight excluding hydrogens is 398 g/mol. The number of nitrogens with zero attached hydrogens (tertiary/aromatic N) is 1. The summed E-state index contributed by atoms with van der Waals surface area (Å²) in [5, 5.41) is 6.89. The van der Waals surface area contributed by atoms with Crippen LogP contribution in [0, 0.1) is 0 Å². The number of hydrogen-bond donors (Lipinski definition) is 0. The maximum atomic E-state index is 4.72. The Morgan fingerprint density at radius 2 is 1.67 bits per heavy atom. The summed E-state index contributed by atoms with van der Waals surface area (Å²) in [5.41, 5.74) is 3.65. The molecular formula is C27H27NSSi. The lowest BCUT2D eigenvalue weighted by molar-refractivity contribution is 0.864. The van der Waals surface area contributed by atoms with Crippen molar-refractivity contribution in [2.75, 3.05) is 0 Å². The molecule has 0 N–H and O–H groups in total. The highest BCUT2D eigenvalue weighted by atomic mass is 32.1. The molecule has 0 atom stereocenters. The van der Waals surface area contributed by atoms with Gasteiger partial charge in [0.15, 0.2) is 0 Å². The number of benzene rings is 3. The lowest BCUT2D eigenvalue weighted by Gasteiger charge is -2.17. The Morgan fingerprint density at radius 3 is 2.43 bits per heavy atom. The Morgan fingerprint density at radius 1 is 0.833 bits per heavy atom. The quantitative estimate of drug-likeness (QED) is 0.267. The Bertz CT molecular complexity index is 1410. The highest BCUT2D eigenvalue weighted by Crippen LogP contribution is 2.41. The van der Waals surface area contributed by atoms with Gasteiger partial charge in [0.25, 0.3) is 0 Å². The number of pyridine rings is 1. The van der Waals surface area contributed by atoms with E-state index in [0.29, 0.717) is 5.92 Å². The van der Waals surface area contributed by atoms with Crippen molar-refractivity contribution in [1.82, 2.24) is 4.98 Å². The van der Waals surface area contributed by atoms with Crippen LogP contribution in [0.2, 0.25) is 19.6 Å². The molecule has 3 heteroatoms. The van der Waals surface area contributed by atoms with Crippen LogP contribution >= 0.6 is 11.3 Å². The van der Waals surface area contributed by atoms with Crippen LogP contribution in [-0.2, 0) is 0 Å². The van der Waals surface area contributed by atoms with Gasteiger partial charge in [0.2, 0.25) is 0 Å². The van der Waals surface area contributed by atoms with Crippen LogP contribution in [0.25, 0.3) is 42.2 Å². The Balaban J connectivity index is 1.75. The molecule has 1 nitrogen and oxygen atoms in total. The largest absolute Gasteiger partial charge is 0.256 e. The van der Waals surface area contributed by atoms with Crippen LogP contribution < -0.4 is 5.19 Å². The second-order valence-electron chi connectivity index (χ2n) is 9.57. The third-order valence-corrected chi connectivity index (χ3v) is 9.29. The summed E-state index contributed by atoms with van der Waals surface area (Å²) in [7, 11) is -1.32. The van der Waals surface area contributed by atoms with Crippen LogP contribution in [0.5, 0.6) is 0 Å². The highest BCUT2D eigenvalue weighted by molar-refractivity contribution is 7.26. The minimum absolute atomic E-state index is 0.499. The summed E-state index contributed by atoms with van der Waals surface area (Å²) < 4.78 is 2.69. The van der Waals surface area contributed by atoms with E-state index in [0.717, 1.165) is 5.69 Å². The SMILES string of the molecule is CC(C)c1ccnc(-c2cccc3c2sc2cc4cc([Si](C)(C)C)ccc4cc23)c1. The molecule has 2 heterocycles. The van der Waals surface area contributed by atoms with Gasteiger partial charge in [0, 0.05) is 31.9 Å². The smallest absolute Gasteiger partial charge is 0.0776 e. The normalized spacial score (nSPS) is 12.5. The molecule has 2 aromatic heterocycles. The predicted octanol–water partition coefficient (Wildman–Crippen LogP) is 7.94. The summed E-state index contributed by atoms with van der Waals surface area (Å²) >= 11 is 1.90. The highest BCUT2D eigenvalue weighted by Gasteiger charge is 2.17. The second-order valence-corrected chi connectivity index (χ2v) is 15.7. The number of rotatable bonds is 3. The van der Waals surface area contributed by atoms with Crippen LogP contribution in [0.4, 0.5) is 0 Å². The summed E-state index contributed by atoms with van der Waals surface area (Å²) in [6.45, 7) is 11.7. The first kappa shape index (κ1) is 19.5. The van der Waals surface area contributed by atoms with Gasteiger partial charge in [-0.1, -0.05) is 75.1 Å². The van der Waals surface area contributed by atoms with E-state index in [2.05, 4.69) is 94.2 Å². The Kier molecular flexibility index (Phi) is 4.57. The van der Waals surface area contributed by atoms with E-state index in [-0.39, 0.29) is 0 Å². The van der Waals surface area contributed by atoms with Crippen LogP contribution in [-0.4, -0.2) is 13.1 Å². The van der Waals surface area contributed by atoms with Crippen molar-refractivity contribution in [2.45, 2.75) is 39.4 Å². The van der Waals surface area contributed by atoms with E-state index < -0.39 is 8.07 Å². The van der Waals surface area contributed by atoms with Crippen molar-refractivity contribution in [3.63, 3.8) is 0 Å². The summed E-state index contributed by atoms with van der Waals surface area (Å²) in [4.78, 5) is 4.72. The maximum Gasteiger partial charge on any atom is 0.0776 e. The van der Waals surface area contributed by atoms with Gasteiger partial charge in [-0.15, -0.1) is 11.3 Å². The average molecular weight is 426 g/mol. The van der Waals surface area contributed by atoms with Crippen LogP contribution in [0.1, 0.15) is 25.3 Å². The molecule has 0 fully saturated rings. The maximum absolute atomic E-state index is 4.72. The number of thiophene rings is 1. The van der Waals surface area contributed by atoms with E-state index in [9.17, 15) is 0 Å². The standard InChI is InChI=1S/C27H27NSSi/c1-17(2)18-11-12-28-25(15-18)23-8-6-7-22-24-14-19-9-10-21(30(3,4)5)13-20(19)16-26(24)29-27(22)23/h6-17H,1-5H3. The summed E-state index contributed by atoms with van der Waals surface area (Å²) in [5.74, 6) is 0.499. The number of hydrogen-bond acceptors (Lipinski definition) is 2. The van der Waals surface area contributed by atoms with E-state index in [4.69, 9.17) is 4.98 Å². The fourth-order valence-electron chi connectivity index (χ4n) is 4.16. The molecule has 0 aliphatic heterocycles. The molecule has 150 valence electrons. The zero-order valence-electron chi connectivity index (χ0n) is 18.3. The van der Waals surface area contributed by atoms with Gasteiger partial charge in [-0.2, -0.15) is 0 Å². The minimum Gasteiger partial charge on any atom is -0.256 e. The third kappa shape index (κ3) is 3.26. The van der Waals surface area contributed by atoms with E-state index in [1.165, 1.54) is 47.3 Å².